The molecule has 0 saturated carbocycles. The molecule has 0 amide bonds. The number of ketones is 1. The second kappa shape index (κ2) is 6.66. The first-order valence-corrected chi connectivity index (χ1v) is 6.55. The van der Waals surface area contributed by atoms with Gasteiger partial charge in [-0.15, -0.1) is 0 Å². The molecule has 3 heteroatoms. The van der Waals surface area contributed by atoms with E-state index in [2.05, 4.69) is 0 Å². The van der Waals surface area contributed by atoms with Gasteiger partial charge in [-0.25, -0.2) is 0 Å². The van der Waals surface area contributed by atoms with E-state index in [0.717, 1.165) is 30.6 Å². The molecule has 1 heterocycles. The lowest BCUT2D eigenvalue weighted by atomic mass is 10.1. The van der Waals surface area contributed by atoms with E-state index >= 15 is 0 Å². The third-order valence-electron chi connectivity index (χ3n) is 3.15. The number of Topliss-reactive ketones (excluding diaryl/α,β-unsaturated/α-hetero) is 1. The summed E-state index contributed by atoms with van der Waals surface area (Å²) in [5.41, 5.74) is 1.82. The summed E-state index contributed by atoms with van der Waals surface area (Å²) in [6.45, 7) is 3.47. The van der Waals surface area contributed by atoms with Crippen LogP contribution in [0, 0.1) is 6.92 Å². The molecule has 0 N–H and O–H groups in total. The molecule has 0 bridgehead atoms. The molecule has 1 saturated heterocycles. The van der Waals surface area contributed by atoms with Gasteiger partial charge in [-0.3, -0.25) is 4.79 Å². The molecule has 0 spiro atoms. The number of carbonyl (C=O) groups excluding carboxylic acids is 1. The van der Waals surface area contributed by atoms with Crippen LogP contribution in [0.5, 0.6) is 0 Å². The van der Waals surface area contributed by atoms with Crippen molar-refractivity contribution in [1.29, 1.82) is 0 Å². The zero-order valence-electron chi connectivity index (χ0n) is 10.9. The quantitative estimate of drug-likeness (QED) is 0.752. The highest BCUT2D eigenvalue weighted by molar-refractivity contribution is 5.97. The fraction of sp³-hybridized carbons (Fsp3) is 0.533. The Morgan fingerprint density at radius 1 is 1.44 bits per heavy atom. The second-order valence-corrected chi connectivity index (χ2v) is 4.80. The summed E-state index contributed by atoms with van der Waals surface area (Å²) < 4.78 is 11.0. The lowest BCUT2D eigenvalue weighted by Gasteiger charge is -2.22. The number of ether oxygens (including phenoxy) is 2. The Kier molecular flexibility index (Phi) is 4.90. The molecule has 0 radical (unpaired) electrons. The predicted molar refractivity (Wildman–Crippen MR) is 69.9 cm³/mol. The third-order valence-corrected chi connectivity index (χ3v) is 3.15. The highest BCUT2D eigenvalue weighted by atomic mass is 16.5. The maximum absolute atomic E-state index is 11.9. The zero-order valence-corrected chi connectivity index (χ0v) is 10.9. The molecule has 1 unspecified atom stereocenters. The Balaban J connectivity index is 1.74. The predicted octanol–water partition coefficient (Wildman–Crippen LogP) is 2.76. The number of benzene rings is 1. The minimum atomic E-state index is 0.0366. The first-order chi connectivity index (χ1) is 8.75. The van der Waals surface area contributed by atoms with Gasteiger partial charge >= 0.3 is 0 Å². The van der Waals surface area contributed by atoms with E-state index in [1.54, 1.807) is 0 Å². The molecule has 1 atom stereocenters. The smallest absolute Gasteiger partial charge is 0.188 e. The Hall–Kier alpha value is -1.19. The molecule has 98 valence electrons. The van der Waals surface area contributed by atoms with E-state index < -0.39 is 0 Å². The first-order valence-electron chi connectivity index (χ1n) is 6.55. The van der Waals surface area contributed by atoms with Crippen LogP contribution in [0.3, 0.4) is 0 Å². The number of aryl methyl sites for hydroxylation is 1. The summed E-state index contributed by atoms with van der Waals surface area (Å²) in [7, 11) is 0. The summed E-state index contributed by atoms with van der Waals surface area (Å²) >= 11 is 0. The number of carbonyl (C=O) groups is 1. The molecule has 2 rings (SSSR count). The van der Waals surface area contributed by atoms with Crippen molar-refractivity contribution in [1.82, 2.24) is 0 Å². The van der Waals surface area contributed by atoms with E-state index in [-0.39, 0.29) is 18.5 Å². The van der Waals surface area contributed by atoms with Gasteiger partial charge in [-0.2, -0.15) is 0 Å². The standard InChI is InChI=1S/C15H20O3/c1-12-5-4-6-13(9-12)15(16)11-17-10-14-7-2-3-8-18-14/h4-6,9,14H,2-3,7-8,10-11H2,1H3. The van der Waals surface area contributed by atoms with Gasteiger partial charge in [0.2, 0.25) is 0 Å². The third kappa shape index (κ3) is 3.93. The van der Waals surface area contributed by atoms with E-state index in [0.29, 0.717) is 6.61 Å². The van der Waals surface area contributed by atoms with Crippen LogP contribution in [-0.2, 0) is 9.47 Å². The Morgan fingerprint density at radius 3 is 3.06 bits per heavy atom. The Bertz CT molecular complexity index is 394. The Morgan fingerprint density at radius 2 is 2.33 bits per heavy atom. The van der Waals surface area contributed by atoms with Crippen molar-refractivity contribution < 1.29 is 14.3 Å². The minimum absolute atomic E-state index is 0.0366. The van der Waals surface area contributed by atoms with Crippen LogP contribution in [0.4, 0.5) is 0 Å². The molecule has 0 aromatic heterocycles. The average molecular weight is 248 g/mol. The van der Waals surface area contributed by atoms with Crippen LogP contribution < -0.4 is 0 Å². The van der Waals surface area contributed by atoms with E-state index in [1.807, 2.05) is 31.2 Å². The molecule has 0 aliphatic carbocycles. The molecular formula is C15H20O3. The van der Waals surface area contributed by atoms with Crippen LogP contribution in [0.15, 0.2) is 24.3 Å². The highest BCUT2D eigenvalue weighted by Crippen LogP contribution is 2.13. The topological polar surface area (TPSA) is 35.5 Å². The van der Waals surface area contributed by atoms with Crippen LogP contribution in [-0.4, -0.2) is 31.7 Å². The van der Waals surface area contributed by atoms with Crippen molar-refractivity contribution in [2.24, 2.45) is 0 Å². The van der Waals surface area contributed by atoms with Crippen molar-refractivity contribution in [3.63, 3.8) is 0 Å². The maximum Gasteiger partial charge on any atom is 0.188 e. The van der Waals surface area contributed by atoms with Gasteiger partial charge in [-0.1, -0.05) is 23.8 Å². The molecule has 1 fully saturated rings. The number of hydrogen-bond donors (Lipinski definition) is 0. The number of rotatable bonds is 5. The zero-order chi connectivity index (χ0) is 12.8. The largest absolute Gasteiger partial charge is 0.376 e. The van der Waals surface area contributed by atoms with Gasteiger partial charge in [0.1, 0.15) is 6.61 Å². The van der Waals surface area contributed by atoms with Gasteiger partial charge in [0.15, 0.2) is 5.78 Å². The molecular weight excluding hydrogens is 228 g/mol. The van der Waals surface area contributed by atoms with Gasteiger partial charge < -0.3 is 9.47 Å². The van der Waals surface area contributed by atoms with Crippen molar-refractivity contribution >= 4 is 5.78 Å². The highest BCUT2D eigenvalue weighted by Gasteiger charge is 2.14. The van der Waals surface area contributed by atoms with Gasteiger partial charge in [0, 0.05) is 12.2 Å². The summed E-state index contributed by atoms with van der Waals surface area (Å²) in [5.74, 6) is 0.0366. The monoisotopic (exact) mass is 248 g/mol. The maximum atomic E-state index is 11.9. The Labute approximate surface area is 108 Å². The molecule has 3 nitrogen and oxygen atoms in total. The second-order valence-electron chi connectivity index (χ2n) is 4.80. The first kappa shape index (κ1) is 13.2. The summed E-state index contributed by atoms with van der Waals surface area (Å²) in [4.78, 5) is 11.9. The van der Waals surface area contributed by atoms with Gasteiger partial charge in [-0.05, 0) is 32.3 Å². The van der Waals surface area contributed by atoms with E-state index in [1.165, 1.54) is 6.42 Å². The van der Waals surface area contributed by atoms with Crippen LogP contribution in [0.25, 0.3) is 0 Å². The fourth-order valence-electron chi connectivity index (χ4n) is 2.12. The summed E-state index contributed by atoms with van der Waals surface area (Å²) in [6, 6.07) is 7.60. The van der Waals surface area contributed by atoms with Crippen molar-refractivity contribution in [3.05, 3.63) is 35.4 Å². The van der Waals surface area contributed by atoms with E-state index in [4.69, 9.17) is 9.47 Å². The summed E-state index contributed by atoms with van der Waals surface area (Å²) in [6.07, 6.45) is 3.54. The molecule has 1 aliphatic rings. The molecule has 1 aliphatic heterocycles. The lowest BCUT2D eigenvalue weighted by molar-refractivity contribution is -0.0370. The van der Waals surface area contributed by atoms with E-state index in [9.17, 15) is 4.79 Å². The summed E-state index contributed by atoms with van der Waals surface area (Å²) in [5, 5.41) is 0. The van der Waals surface area contributed by atoms with Crippen LogP contribution in [0.2, 0.25) is 0 Å². The SMILES string of the molecule is Cc1cccc(C(=O)COCC2CCCCO2)c1. The van der Waals surface area contributed by atoms with Crippen molar-refractivity contribution in [2.45, 2.75) is 32.3 Å². The van der Waals surface area contributed by atoms with Gasteiger partial charge in [0.25, 0.3) is 0 Å². The molecule has 1 aromatic carbocycles. The number of hydrogen-bond acceptors (Lipinski definition) is 3. The normalized spacial score (nSPS) is 19.7. The molecule has 1 aromatic rings. The van der Waals surface area contributed by atoms with Crippen molar-refractivity contribution in [2.75, 3.05) is 19.8 Å². The molecule has 18 heavy (non-hydrogen) atoms. The van der Waals surface area contributed by atoms with Crippen LogP contribution in [0.1, 0.15) is 35.2 Å². The lowest BCUT2D eigenvalue weighted by Crippen LogP contribution is -2.25. The van der Waals surface area contributed by atoms with Gasteiger partial charge in [0.05, 0.1) is 12.7 Å². The fourth-order valence-corrected chi connectivity index (χ4v) is 2.12. The minimum Gasteiger partial charge on any atom is -0.376 e. The van der Waals surface area contributed by atoms with Crippen LogP contribution >= 0.6 is 0 Å². The van der Waals surface area contributed by atoms with Crippen molar-refractivity contribution in [3.8, 4) is 0 Å². The average Bonchev–Trinajstić information content (AvgIpc) is 2.40.